The summed E-state index contributed by atoms with van der Waals surface area (Å²) in [5.41, 5.74) is 2.03. The molecule has 4 heterocycles. The highest BCUT2D eigenvalue weighted by Crippen LogP contribution is 2.52. The van der Waals surface area contributed by atoms with Gasteiger partial charge in [-0.25, -0.2) is 4.79 Å². The van der Waals surface area contributed by atoms with Gasteiger partial charge >= 0.3 is 11.9 Å². The normalized spacial score (nSPS) is 24.6. The number of alkyl halides is 3. The fourth-order valence-corrected chi connectivity index (χ4v) is 7.23. The van der Waals surface area contributed by atoms with Gasteiger partial charge in [0, 0.05) is 30.9 Å². The predicted molar refractivity (Wildman–Crippen MR) is 141 cm³/mol. The van der Waals surface area contributed by atoms with E-state index in [1.54, 1.807) is 17.8 Å². The van der Waals surface area contributed by atoms with E-state index >= 15 is 0 Å². The molecule has 1 saturated heterocycles. The van der Waals surface area contributed by atoms with Crippen molar-refractivity contribution in [1.82, 2.24) is 24.1 Å². The highest BCUT2D eigenvalue weighted by atomic mass is 32.1. The summed E-state index contributed by atoms with van der Waals surface area (Å²) in [5, 5.41) is 9.30. The zero-order valence-electron chi connectivity index (χ0n) is 21.4. The van der Waals surface area contributed by atoms with Crippen molar-refractivity contribution in [3.05, 3.63) is 80.4 Å². The van der Waals surface area contributed by atoms with Crippen LogP contribution in [0.25, 0.3) is 11.2 Å². The molecule has 10 heteroatoms. The fraction of sp³-hybridized carbons (Fsp3) is 0.464. The van der Waals surface area contributed by atoms with Crippen molar-refractivity contribution in [3.63, 3.8) is 0 Å². The van der Waals surface area contributed by atoms with Crippen LogP contribution in [-0.2, 0) is 18.1 Å². The van der Waals surface area contributed by atoms with Crippen LogP contribution in [0.3, 0.4) is 0 Å². The van der Waals surface area contributed by atoms with Gasteiger partial charge < -0.3 is 0 Å². The molecular formula is C28H30F3N5OS. The third-order valence-electron chi connectivity index (χ3n) is 8.12. The van der Waals surface area contributed by atoms with E-state index in [2.05, 4.69) is 28.9 Å². The minimum Gasteiger partial charge on any atom is -0.299 e. The van der Waals surface area contributed by atoms with Gasteiger partial charge in [0.05, 0.1) is 16.8 Å². The lowest BCUT2D eigenvalue weighted by Gasteiger charge is -2.45. The molecule has 38 heavy (non-hydrogen) atoms. The highest BCUT2D eigenvalue weighted by molar-refractivity contribution is 7.09. The van der Waals surface area contributed by atoms with Crippen LogP contribution >= 0.6 is 11.3 Å². The fourth-order valence-electron chi connectivity index (χ4n) is 6.43. The first-order chi connectivity index (χ1) is 18.1. The minimum atomic E-state index is -4.58. The van der Waals surface area contributed by atoms with Gasteiger partial charge in [-0.1, -0.05) is 26.0 Å². The van der Waals surface area contributed by atoms with Crippen molar-refractivity contribution in [2.45, 2.75) is 57.7 Å². The maximum atomic E-state index is 14.2. The number of imidazole rings is 1. The van der Waals surface area contributed by atoms with Gasteiger partial charge in [0.2, 0.25) is 0 Å². The lowest BCUT2D eigenvalue weighted by molar-refractivity contribution is -0.136. The lowest BCUT2D eigenvalue weighted by Crippen LogP contribution is -2.41. The Morgan fingerprint density at radius 2 is 1.95 bits per heavy atom. The van der Waals surface area contributed by atoms with E-state index in [1.807, 2.05) is 18.2 Å². The van der Waals surface area contributed by atoms with Crippen LogP contribution in [0.4, 0.5) is 13.2 Å². The number of benzene rings is 1. The second kappa shape index (κ2) is 9.34. The van der Waals surface area contributed by atoms with Crippen LogP contribution in [0.2, 0.25) is 0 Å². The van der Waals surface area contributed by atoms with Crippen LogP contribution in [-0.4, -0.2) is 37.2 Å². The number of halogens is 3. The van der Waals surface area contributed by atoms with Crippen LogP contribution < -0.4 is 5.69 Å². The quantitative estimate of drug-likeness (QED) is 0.315. The number of rotatable bonds is 5. The molecule has 1 saturated carbocycles. The Hall–Kier alpha value is -2.98. The SMILES string of the molecule is CC1CC(c2cccc(-n3cc4c(C(F)(F)F)cc(CN5CCC[C@H](C)C5)cn4c3=O)c2)(c2nncs2)C1. The number of nitrogens with zero attached hydrogens (tertiary/aromatic N) is 5. The summed E-state index contributed by atoms with van der Waals surface area (Å²) in [4.78, 5) is 15.7. The highest BCUT2D eigenvalue weighted by Gasteiger charge is 2.47. The molecule has 6 nitrogen and oxygen atoms in total. The first-order valence-electron chi connectivity index (χ1n) is 13.1. The van der Waals surface area contributed by atoms with Gasteiger partial charge in [-0.05, 0) is 73.4 Å². The van der Waals surface area contributed by atoms with E-state index in [9.17, 15) is 18.0 Å². The van der Waals surface area contributed by atoms with Crippen molar-refractivity contribution in [2.75, 3.05) is 13.1 Å². The molecule has 1 aliphatic carbocycles. The summed E-state index contributed by atoms with van der Waals surface area (Å²) in [5.74, 6) is 1.03. The van der Waals surface area contributed by atoms with Crippen LogP contribution in [0.15, 0.2) is 53.0 Å². The molecule has 6 rings (SSSR count). The smallest absolute Gasteiger partial charge is 0.299 e. The number of aromatic nitrogens is 4. The molecule has 0 N–H and O–H groups in total. The topological polar surface area (TPSA) is 55.4 Å². The Labute approximate surface area is 222 Å². The van der Waals surface area contributed by atoms with Gasteiger partial charge in [0.1, 0.15) is 10.5 Å². The Bertz CT molecular complexity index is 1520. The largest absolute Gasteiger partial charge is 0.418 e. The molecule has 4 aromatic rings. The van der Waals surface area contributed by atoms with E-state index in [0.717, 1.165) is 53.7 Å². The molecule has 0 unspecified atom stereocenters. The number of hydrogen-bond acceptors (Lipinski definition) is 5. The van der Waals surface area contributed by atoms with Crippen molar-refractivity contribution in [2.24, 2.45) is 11.8 Å². The van der Waals surface area contributed by atoms with Crippen LogP contribution in [0.5, 0.6) is 0 Å². The monoisotopic (exact) mass is 541 g/mol. The molecule has 0 radical (unpaired) electrons. The summed E-state index contributed by atoms with van der Waals surface area (Å²) >= 11 is 1.51. The Morgan fingerprint density at radius 1 is 1.13 bits per heavy atom. The van der Waals surface area contributed by atoms with Gasteiger partial charge in [-0.3, -0.25) is 13.9 Å². The zero-order chi connectivity index (χ0) is 26.7. The van der Waals surface area contributed by atoms with E-state index in [-0.39, 0.29) is 10.9 Å². The summed E-state index contributed by atoms with van der Waals surface area (Å²) in [6.07, 6.45) is 2.29. The average molecular weight is 542 g/mol. The maximum Gasteiger partial charge on any atom is 0.418 e. The number of hydrogen-bond donors (Lipinski definition) is 0. The average Bonchev–Trinajstić information content (AvgIpc) is 3.50. The maximum absolute atomic E-state index is 14.2. The van der Waals surface area contributed by atoms with Gasteiger partial charge in [0.25, 0.3) is 0 Å². The molecule has 3 aromatic heterocycles. The second-order valence-corrected chi connectivity index (χ2v) is 12.0. The van der Waals surface area contributed by atoms with Crippen LogP contribution in [0.1, 0.15) is 61.2 Å². The predicted octanol–water partition coefficient (Wildman–Crippen LogP) is 5.91. The third-order valence-corrected chi connectivity index (χ3v) is 9.01. The molecule has 1 aromatic carbocycles. The van der Waals surface area contributed by atoms with Crippen molar-refractivity contribution in [3.8, 4) is 5.69 Å². The number of piperidine rings is 1. The van der Waals surface area contributed by atoms with E-state index < -0.39 is 17.4 Å². The Balaban J connectivity index is 1.43. The molecule has 2 aliphatic rings. The van der Waals surface area contributed by atoms with Crippen molar-refractivity contribution >= 4 is 16.9 Å². The second-order valence-electron chi connectivity index (χ2n) is 11.2. The minimum absolute atomic E-state index is 0.139. The Kier molecular flexibility index (Phi) is 6.22. The molecule has 0 amide bonds. The summed E-state index contributed by atoms with van der Waals surface area (Å²) in [6.45, 7) is 6.43. The molecular weight excluding hydrogens is 511 g/mol. The van der Waals surface area contributed by atoms with Crippen molar-refractivity contribution < 1.29 is 13.2 Å². The van der Waals surface area contributed by atoms with Gasteiger partial charge in [-0.15, -0.1) is 21.5 Å². The standard InChI is InChI=1S/C28H30F3N5OS/c1-18-5-4-8-34(13-18)14-20-9-23(28(29,30)31)24-16-35(26(37)36(24)15-20)22-7-3-6-21(10-22)27(11-19(2)12-27)25-33-32-17-38-25/h3,6-7,9-10,15-19H,4-5,8,11-14H2,1-2H3/t18-,19?,27?/m0/s1. The summed E-state index contributed by atoms with van der Waals surface area (Å²) in [7, 11) is 0. The number of pyridine rings is 1. The molecule has 0 bridgehead atoms. The molecule has 1 aliphatic heterocycles. The molecule has 0 spiro atoms. The first kappa shape index (κ1) is 25.3. The molecule has 200 valence electrons. The summed E-state index contributed by atoms with van der Waals surface area (Å²) in [6, 6.07) is 8.76. The van der Waals surface area contributed by atoms with Crippen molar-refractivity contribution in [1.29, 1.82) is 0 Å². The molecule has 1 atom stereocenters. The summed E-state index contributed by atoms with van der Waals surface area (Å²) < 4.78 is 45.1. The van der Waals surface area contributed by atoms with E-state index in [0.29, 0.717) is 29.6 Å². The zero-order valence-corrected chi connectivity index (χ0v) is 22.2. The lowest BCUT2D eigenvalue weighted by atomic mass is 9.59. The number of fused-ring (bicyclic) bond motifs is 1. The molecule has 2 fully saturated rings. The Morgan fingerprint density at radius 3 is 2.63 bits per heavy atom. The van der Waals surface area contributed by atoms with Gasteiger partial charge in [-0.2, -0.15) is 13.2 Å². The van der Waals surface area contributed by atoms with Crippen LogP contribution in [0, 0.1) is 11.8 Å². The third kappa shape index (κ3) is 4.37. The van der Waals surface area contributed by atoms with E-state index in [1.165, 1.54) is 28.2 Å². The first-order valence-corrected chi connectivity index (χ1v) is 14.0. The van der Waals surface area contributed by atoms with Gasteiger partial charge in [0.15, 0.2) is 0 Å². The number of likely N-dealkylation sites (tertiary alicyclic amines) is 1. The van der Waals surface area contributed by atoms with E-state index in [4.69, 9.17) is 0 Å².